The van der Waals surface area contributed by atoms with Gasteiger partial charge in [-0.2, -0.15) is 9.40 Å². The van der Waals surface area contributed by atoms with E-state index in [1.807, 2.05) is 11.8 Å². The summed E-state index contributed by atoms with van der Waals surface area (Å²) in [5, 5.41) is 4.39. The van der Waals surface area contributed by atoms with E-state index >= 15 is 0 Å². The number of carbonyl (C=O) groups excluding carboxylic acids is 1. The summed E-state index contributed by atoms with van der Waals surface area (Å²) in [7, 11) is -3.86. The van der Waals surface area contributed by atoms with Crippen molar-refractivity contribution < 1.29 is 22.0 Å². The van der Waals surface area contributed by atoms with Crippen molar-refractivity contribution in [1.82, 2.24) is 19.0 Å². The molecule has 0 N–H and O–H groups in total. The summed E-state index contributed by atoms with van der Waals surface area (Å²) < 4.78 is 57.1. The molecule has 1 spiro atoms. The molecule has 3 heterocycles. The Labute approximate surface area is 191 Å². The molecule has 6 rings (SSSR count). The fourth-order valence-corrected chi connectivity index (χ4v) is 7.44. The summed E-state index contributed by atoms with van der Waals surface area (Å²) in [6.45, 7) is 3.26. The molecule has 10 heteroatoms. The van der Waals surface area contributed by atoms with Crippen molar-refractivity contribution in [3.63, 3.8) is 0 Å². The van der Waals surface area contributed by atoms with Crippen LogP contribution in [0.5, 0.6) is 0 Å². The number of aromatic nitrogens is 2. The molecule has 0 bridgehead atoms. The van der Waals surface area contributed by atoms with Gasteiger partial charge in [-0.25, -0.2) is 17.2 Å². The fourth-order valence-electron chi connectivity index (χ4n) is 5.71. The second-order valence-electron chi connectivity index (χ2n) is 10.2. The number of hydrogen-bond acceptors (Lipinski definition) is 4. The average Bonchev–Trinajstić information content (AvgIpc) is 3.33. The number of hydrogen-bond donors (Lipinski definition) is 0. The van der Waals surface area contributed by atoms with E-state index in [9.17, 15) is 22.0 Å². The second kappa shape index (κ2) is 6.85. The number of rotatable bonds is 4. The quantitative estimate of drug-likeness (QED) is 0.680. The maximum atomic E-state index is 14.5. The molecule has 7 nitrogen and oxygen atoms in total. The van der Waals surface area contributed by atoms with Crippen molar-refractivity contribution in [2.75, 3.05) is 13.1 Å². The topological polar surface area (TPSA) is 75.5 Å². The standard InChI is InChI=1S/C23H26F2N4O3S/c1-15-6-9-28-18(10-20(26-28)23(25)7-8-23)21(30)29(15)16-11-22(12-16)13-27(14-22)33(31,32)19-5-3-2-4-17(19)24/h2-5,10,15-16H,6-9,11-14H2,1H3/t15-/m1/s1. The van der Waals surface area contributed by atoms with Crippen molar-refractivity contribution in [3.8, 4) is 0 Å². The van der Waals surface area contributed by atoms with Crippen LogP contribution in [0.15, 0.2) is 35.2 Å². The third-order valence-electron chi connectivity index (χ3n) is 7.82. The molecular weight excluding hydrogens is 450 g/mol. The highest BCUT2D eigenvalue weighted by atomic mass is 32.2. The van der Waals surface area contributed by atoms with Gasteiger partial charge in [0.2, 0.25) is 10.0 Å². The zero-order valence-corrected chi connectivity index (χ0v) is 19.2. The summed E-state index contributed by atoms with van der Waals surface area (Å²) in [5.41, 5.74) is -0.747. The lowest BCUT2D eigenvalue weighted by Crippen LogP contribution is -2.68. The third kappa shape index (κ3) is 3.17. The van der Waals surface area contributed by atoms with Crippen molar-refractivity contribution in [2.45, 2.75) is 68.2 Å². The molecule has 1 atom stereocenters. The highest BCUT2D eigenvalue weighted by Gasteiger charge is 2.58. The molecule has 1 amide bonds. The Morgan fingerprint density at radius 1 is 1.15 bits per heavy atom. The van der Waals surface area contributed by atoms with Crippen molar-refractivity contribution >= 4 is 15.9 Å². The van der Waals surface area contributed by atoms with Gasteiger partial charge < -0.3 is 4.90 Å². The van der Waals surface area contributed by atoms with E-state index in [2.05, 4.69) is 5.10 Å². The highest BCUT2D eigenvalue weighted by Crippen LogP contribution is 2.53. The minimum Gasteiger partial charge on any atom is -0.332 e. The number of amides is 1. The first-order valence-corrected chi connectivity index (χ1v) is 12.9. The van der Waals surface area contributed by atoms with Crippen LogP contribution in [0.1, 0.15) is 55.2 Å². The first-order chi connectivity index (χ1) is 15.6. The lowest BCUT2D eigenvalue weighted by Gasteiger charge is -2.60. The maximum absolute atomic E-state index is 14.5. The van der Waals surface area contributed by atoms with Crippen LogP contribution in [0.3, 0.4) is 0 Å². The minimum atomic E-state index is -3.86. The second-order valence-corrected chi connectivity index (χ2v) is 12.1. The van der Waals surface area contributed by atoms with E-state index in [4.69, 9.17) is 0 Å². The van der Waals surface area contributed by atoms with Gasteiger partial charge in [-0.1, -0.05) is 12.1 Å². The summed E-state index contributed by atoms with van der Waals surface area (Å²) in [4.78, 5) is 15.0. The van der Waals surface area contributed by atoms with Crippen LogP contribution >= 0.6 is 0 Å². The normalized spacial score (nSPS) is 26.5. The lowest BCUT2D eigenvalue weighted by atomic mass is 9.61. The number of alkyl halides is 1. The number of sulfonamides is 1. The van der Waals surface area contributed by atoms with Crippen LogP contribution in [0.2, 0.25) is 0 Å². The van der Waals surface area contributed by atoms with Gasteiger partial charge in [0.15, 0.2) is 5.67 Å². The number of benzene rings is 1. The molecule has 1 aromatic carbocycles. The van der Waals surface area contributed by atoms with Gasteiger partial charge in [-0.3, -0.25) is 9.48 Å². The molecule has 4 aliphatic rings. The van der Waals surface area contributed by atoms with Crippen LogP contribution in [-0.2, 0) is 22.2 Å². The summed E-state index contributed by atoms with van der Waals surface area (Å²) in [5.74, 6) is -0.871. The molecule has 2 aromatic rings. The predicted molar refractivity (Wildman–Crippen MR) is 115 cm³/mol. The van der Waals surface area contributed by atoms with Gasteiger partial charge >= 0.3 is 0 Å². The highest BCUT2D eigenvalue weighted by molar-refractivity contribution is 7.89. The molecule has 0 unspecified atom stereocenters. The third-order valence-corrected chi connectivity index (χ3v) is 9.65. The summed E-state index contributed by atoms with van der Waals surface area (Å²) in [6, 6.07) is 7.06. The molecule has 2 aliphatic carbocycles. The number of nitrogens with zero attached hydrogens (tertiary/aromatic N) is 4. The smallest absolute Gasteiger partial charge is 0.272 e. The Bertz CT molecular complexity index is 1240. The van der Waals surface area contributed by atoms with Crippen LogP contribution in [-0.4, -0.2) is 58.5 Å². The van der Waals surface area contributed by atoms with Gasteiger partial charge in [-0.05, 0) is 57.2 Å². The monoisotopic (exact) mass is 476 g/mol. The first kappa shape index (κ1) is 21.2. The molecule has 1 aromatic heterocycles. The van der Waals surface area contributed by atoms with E-state index in [1.54, 1.807) is 10.7 Å². The first-order valence-electron chi connectivity index (χ1n) is 11.5. The van der Waals surface area contributed by atoms with Crippen molar-refractivity contribution in [1.29, 1.82) is 0 Å². The van der Waals surface area contributed by atoms with Crippen LogP contribution < -0.4 is 0 Å². The van der Waals surface area contributed by atoms with E-state index in [0.717, 1.165) is 12.5 Å². The maximum Gasteiger partial charge on any atom is 0.272 e. The van der Waals surface area contributed by atoms with E-state index in [1.165, 1.54) is 22.5 Å². The van der Waals surface area contributed by atoms with Gasteiger partial charge in [0.25, 0.3) is 5.91 Å². The minimum absolute atomic E-state index is 0.0102. The average molecular weight is 477 g/mol. The Morgan fingerprint density at radius 3 is 2.52 bits per heavy atom. The van der Waals surface area contributed by atoms with Gasteiger partial charge in [0.1, 0.15) is 22.1 Å². The zero-order chi connectivity index (χ0) is 23.2. The molecule has 3 fully saturated rings. The Morgan fingerprint density at radius 2 is 1.85 bits per heavy atom. The number of halogens is 2. The SMILES string of the molecule is C[C@@H]1CCn2nc(C3(F)CC3)cc2C(=O)N1C1CC2(C1)CN(S(=O)(=O)c1ccccc1F)C2. The molecule has 176 valence electrons. The number of carbonyl (C=O) groups is 1. The van der Waals surface area contributed by atoms with Gasteiger partial charge in [0.05, 0.1) is 0 Å². The van der Waals surface area contributed by atoms with Crippen LogP contribution in [0.4, 0.5) is 8.78 Å². The Hall–Kier alpha value is -2.33. The molecular formula is C23H26F2N4O3S. The Kier molecular flexibility index (Phi) is 4.40. The number of aryl methyl sites for hydroxylation is 1. The van der Waals surface area contributed by atoms with E-state index in [-0.39, 0.29) is 28.3 Å². The largest absolute Gasteiger partial charge is 0.332 e. The van der Waals surface area contributed by atoms with Crippen molar-refractivity contribution in [3.05, 3.63) is 47.5 Å². The van der Waals surface area contributed by atoms with Gasteiger partial charge in [0, 0.05) is 37.1 Å². The lowest BCUT2D eigenvalue weighted by molar-refractivity contribution is -0.0740. The van der Waals surface area contributed by atoms with Gasteiger partial charge in [-0.15, -0.1) is 0 Å². The summed E-state index contributed by atoms with van der Waals surface area (Å²) >= 11 is 0. The number of fused-ring (bicyclic) bond motifs is 1. The van der Waals surface area contributed by atoms with Crippen LogP contribution in [0.25, 0.3) is 0 Å². The molecule has 2 aliphatic heterocycles. The van der Waals surface area contributed by atoms with Crippen molar-refractivity contribution in [2.24, 2.45) is 5.41 Å². The molecule has 1 saturated heterocycles. The van der Waals surface area contributed by atoms with E-state index in [0.29, 0.717) is 56.7 Å². The fraction of sp³-hybridized carbons (Fsp3) is 0.565. The predicted octanol–water partition coefficient (Wildman–Crippen LogP) is 3.07. The molecule has 0 radical (unpaired) electrons. The molecule has 33 heavy (non-hydrogen) atoms. The Balaban J connectivity index is 1.16. The molecule has 2 saturated carbocycles. The van der Waals surface area contributed by atoms with E-state index < -0.39 is 21.5 Å². The zero-order valence-electron chi connectivity index (χ0n) is 18.4. The summed E-state index contributed by atoms with van der Waals surface area (Å²) in [6.07, 6.45) is 3.06. The van der Waals surface area contributed by atoms with Crippen LogP contribution in [0, 0.1) is 11.2 Å².